The summed E-state index contributed by atoms with van der Waals surface area (Å²) in [6.07, 6.45) is 0.127. The van der Waals surface area contributed by atoms with Crippen LogP contribution in [0.3, 0.4) is 0 Å². The number of phenols is 1. The molecule has 6 nitrogen and oxygen atoms in total. The standard InChI is InChI=1S/C14H16N2O4/c1-2-3-8-15-14(20)16-12(13(18)19)9-10-4-6-11(17)7-5-10/h4-7,12,17H,8-9H2,1H3,(H,18,19)(H2,15,16,20). The summed E-state index contributed by atoms with van der Waals surface area (Å²) < 4.78 is 0. The van der Waals surface area contributed by atoms with Crippen molar-refractivity contribution in [3.63, 3.8) is 0 Å². The molecule has 0 fully saturated rings. The Bertz CT molecular complexity index is 528. The van der Waals surface area contributed by atoms with Crippen molar-refractivity contribution in [1.29, 1.82) is 0 Å². The molecule has 0 aliphatic carbocycles. The molecule has 0 heterocycles. The zero-order valence-electron chi connectivity index (χ0n) is 11.0. The summed E-state index contributed by atoms with van der Waals surface area (Å²) in [6.45, 7) is 1.80. The molecule has 20 heavy (non-hydrogen) atoms. The predicted molar refractivity (Wildman–Crippen MR) is 73.2 cm³/mol. The maximum Gasteiger partial charge on any atom is 0.326 e. The first-order valence-electron chi connectivity index (χ1n) is 5.97. The molecule has 1 atom stereocenters. The van der Waals surface area contributed by atoms with E-state index in [9.17, 15) is 9.59 Å². The number of rotatable bonds is 5. The van der Waals surface area contributed by atoms with Crippen LogP contribution in [0.5, 0.6) is 5.75 Å². The Morgan fingerprint density at radius 2 is 1.95 bits per heavy atom. The van der Waals surface area contributed by atoms with E-state index in [0.717, 1.165) is 0 Å². The van der Waals surface area contributed by atoms with Crippen LogP contribution in [-0.2, 0) is 11.2 Å². The minimum atomic E-state index is -1.13. The Morgan fingerprint density at radius 1 is 1.30 bits per heavy atom. The third-order valence-electron chi connectivity index (χ3n) is 2.49. The first-order valence-corrected chi connectivity index (χ1v) is 5.97. The number of hydrogen-bond donors (Lipinski definition) is 4. The van der Waals surface area contributed by atoms with Crippen molar-refractivity contribution in [2.45, 2.75) is 19.4 Å². The van der Waals surface area contributed by atoms with E-state index in [2.05, 4.69) is 22.5 Å². The third kappa shape index (κ3) is 5.31. The van der Waals surface area contributed by atoms with Crippen LogP contribution in [0, 0.1) is 11.8 Å². The van der Waals surface area contributed by atoms with E-state index in [4.69, 9.17) is 10.2 Å². The number of hydrogen-bond acceptors (Lipinski definition) is 3. The number of carbonyl (C=O) groups excluding carboxylic acids is 1. The van der Waals surface area contributed by atoms with Crippen molar-refractivity contribution in [2.24, 2.45) is 0 Å². The number of urea groups is 1. The summed E-state index contributed by atoms with van der Waals surface area (Å²) in [7, 11) is 0. The van der Waals surface area contributed by atoms with Gasteiger partial charge in [-0.2, -0.15) is 0 Å². The highest BCUT2D eigenvalue weighted by Crippen LogP contribution is 2.11. The summed E-state index contributed by atoms with van der Waals surface area (Å²) in [5.41, 5.74) is 0.698. The summed E-state index contributed by atoms with van der Waals surface area (Å²) in [5, 5.41) is 23.0. The number of benzene rings is 1. The van der Waals surface area contributed by atoms with Gasteiger partial charge >= 0.3 is 12.0 Å². The van der Waals surface area contributed by atoms with Crippen LogP contribution in [0.25, 0.3) is 0 Å². The fourth-order valence-electron chi connectivity index (χ4n) is 1.49. The Kier molecular flexibility index (Phi) is 5.91. The molecule has 1 aromatic rings. The maximum atomic E-state index is 11.5. The maximum absolute atomic E-state index is 11.5. The highest BCUT2D eigenvalue weighted by atomic mass is 16.4. The minimum Gasteiger partial charge on any atom is -0.508 e. The van der Waals surface area contributed by atoms with Crippen LogP contribution in [-0.4, -0.2) is 34.8 Å². The fourth-order valence-corrected chi connectivity index (χ4v) is 1.49. The van der Waals surface area contributed by atoms with Gasteiger partial charge in [-0.1, -0.05) is 18.1 Å². The number of phenolic OH excluding ortho intramolecular Hbond substituents is 1. The number of carboxylic acid groups (broad SMARTS) is 1. The number of aliphatic carboxylic acids is 1. The quantitative estimate of drug-likeness (QED) is 0.595. The van der Waals surface area contributed by atoms with Crippen molar-refractivity contribution in [2.75, 3.05) is 6.54 Å². The Morgan fingerprint density at radius 3 is 2.50 bits per heavy atom. The first-order chi connectivity index (χ1) is 9.52. The number of carbonyl (C=O) groups is 2. The van der Waals surface area contributed by atoms with Crippen molar-refractivity contribution >= 4 is 12.0 Å². The second kappa shape index (κ2) is 7.69. The molecular weight excluding hydrogens is 260 g/mol. The minimum absolute atomic E-state index is 0.101. The average molecular weight is 276 g/mol. The van der Waals surface area contributed by atoms with E-state index < -0.39 is 18.0 Å². The average Bonchev–Trinajstić information content (AvgIpc) is 2.40. The molecule has 4 N–H and O–H groups in total. The van der Waals surface area contributed by atoms with Crippen LogP contribution < -0.4 is 10.6 Å². The van der Waals surface area contributed by atoms with Crippen LogP contribution in [0.1, 0.15) is 12.5 Å². The van der Waals surface area contributed by atoms with Crippen molar-refractivity contribution < 1.29 is 19.8 Å². The van der Waals surface area contributed by atoms with Crippen LogP contribution >= 0.6 is 0 Å². The molecule has 1 aromatic carbocycles. The van der Waals surface area contributed by atoms with E-state index in [0.29, 0.717) is 5.56 Å². The monoisotopic (exact) mass is 276 g/mol. The highest BCUT2D eigenvalue weighted by molar-refractivity contribution is 5.82. The topological polar surface area (TPSA) is 98.7 Å². The molecule has 0 saturated carbocycles. The lowest BCUT2D eigenvalue weighted by molar-refractivity contribution is -0.139. The molecule has 0 radical (unpaired) electrons. The SMILES string of the molecule is CC#CCNC(=O)NC(Cc1ccc(O)cc1)C(=O)O. The molecule has 6 heteroatoms. The van der Waals surface area contributed by atoms with E-state index in [-0.39, 0.29) is 18.7 Å². The molecule has 106 valence electrons. The van der Waals surface area contributed by atoms with E-state index in [1.165, 1.54) is 12.1 Å². The molecule has 0 bridgehead atoms. The lowest BCUT2D eigenvalue weighted by Crippen LogP contribution is -2.47. The van der Waals surface area contributed by atoms with Gasteiger partial charge in [0, 0.05) is 6.42 Å². The summed E-state index contributed by atoms with van der Waals surface area (Å²) in [5.74, 6) is 4.22. The molecule has 0 aliphatic heterocycles. The molecule has 2 amide bonds. The fraction of sp³-hybridized carbons (Fsp3) is 0.286. The first kappa shape index (κ1) is 15.4. The molecule has 0 aromatic heterocycles. The Balaban J connectivity index is 2.60. The van der Waals surface area contributed by atoms with E-state index in [1.54, 1.807) is 19.1 Å². The van der Waals surface area contributed by atoms with Crippen molar-refractivity contribution in [3.8, 4) is 17.6 Å². The Hall–Kier alpha value is -2.68. The molecular formula is C14H16N2O4. The Labute approximate surface area is 116 Å². The van der Waals surface area contributed by atoms with Gasteiger partial charge in [-0.15, -0.1) is 5.92 Å². The second-order valence-electron chi connectivity index (χ2n) is 4.02. The molecule has 0 aliphatic rings. The van der Waals surface area contributed by atoms with Gasteiger partial charge in [0.05, 0.1) is 6.54 Å². The van der Waals surface area contributed by atoms with Gasteiger partial charge < -0.3 is 20.8 Å². The number of amides is 2. The number of aromatic hydroxyl groups is 1. The smallest absolute Gasteiger partial charge is 0.326 e. The number of carboxylic acids is 1. The molecule has 1 unspecified atom stereocenters. The zero-order chi connectivity index (χ0) is 15.0. The molecule has 0 spiro atoms. The van der Waals surface area contributed by atoms with E-state index >= 15 is 0 Å². The largest absolute Gasteiger partial charge is 0.508 e. The lowest BCUT2D eigenvalue weighted by atomic mass is 10.1. The summed E-state index contributed by atoms with van der Waals surface area (Å²) >= 11 is 0. The predicted octanol–water partition coefficient (Wildman–Crippen LogP) is 0.710. The van der Waals surface area contributed by atoms with Gasteiger partial charge in [0.1, 0.15) is 11.8 Å². The van der Waals surface area contributed by atoms with Crippen molar-refractivity contribution in [3.05, 3.63) is 29.8 Å². The normalized spacial score (nSPS) is 10.8. The third-order valence-corrected chi connectivity index (χ3v) is 2.49. The molecule has 1 rings (SSSR count). The van der Waals surface area contributed by atoms with Crippen LogP contribution in [0.2, 0.25) is 0 Å². The van der Waals surface area contributed by atoms with E-state index in [1.807, 2.05) is 0 Å². The van der Waals surface area contributed by atoms with Gasteiger partial charge in [0.2, 0.25) is 0 Å². The summed E-state index contributed by atoms with van der Waals surface area (Å²) in [4.78, 5) is 22.6. The number of nitrogens with one attached hydrogen (secondary N) is 2. The van der Waals surface area contributed by atoms with Gasteiger partial charge in [-0.25, -0.2) is 9.59 Å². The van der Waals surface area contributed by atoms with Crippen LogP contribution in [0.4, 0.5) is 4.79 Å². The highest BCUT2D eigenvalue weighted by Gasteiger charge is 2.20. The second-order valence-corrected chi connectivity index (χ2v) is 4.02. The summed E-state index contributed by atoms with van der Waals surface area (Å²) in [6, 6.07) is 4.50. The van der Waals surface area contributed by atoms with Gasteiger partial charge in [-0.05, 0) is 24.6 Å². The zero-order valence-corrected chi connectivity index (χ0v) is 11.0. The van der Waals surface area contributed by atoms with Crippen LogP contribution in [0.15, 0.2) is 24.3 Å². The van der Waals surface area contributed by atoms with Crippen molar-refractivity contribution in [1.82, 2.24) is 10.6 Å². The molecule has 0 saturated heterocycles. The lowest BCUT2D eigenvalue weighted by Gasteiger charge is -2.14. The van der Waals surface area contributed by atoms with Gasteiger partial charge in [0.25, 0.3) is 0 Å². The van der Waals surface area contributed by atoms with Gasteiger partial charge in [-0.3, -0.25) is 0 Å². The van der Waals surface area contributed by atoms with Gasteiger partial charge in [0.15, 0.2) is 0 Å².